The zero-order valence-electron chi connectivity index (χ0n) is 12.3. The van der Waals surface area contributed by atoms with Crippen molar-refractivity contribution in [3.8, 4) is 5.69 Å². The van der Waals surface area contributed by atoms with Gasteiger partial charge >= 0.3 is 0 Å². The molecule has 1 aliphatic heterocycles. The van der Waals surface area contributed by atoms with Gasteiger partial charge < -0.3 is 4.90 Å². The Hall–Kier alpha value is -1.68. The lowest BCUT2D eigenvalue weighted by atomic mass is 10.00. The Kier molecular flexibility index (Phi) is 3.83. The average Bonchev–Trinajstić information content (AvgIpc) is 2.90. The summed E-state index contributed by atoms with van der Waals surface area (Å²) in [5.41, 5.74) is 2.36. The molecule has 0 aliphatic carbocycles. The van der Waals surface area contributed by atoms with Crippen molar-refractivity contribution < 1.29 is 0 Å². The lowest BCUT2D eigenvalue weighted by Crippen LogP contribution is -2.38. The number of likely N-dealkylation sites (tertiary alicyclic amines) is 1. The fourth-order valence-electron chi connectivity index (χ4n) is 2.92. The maximum absolute atomic E-state index is 4.47. The molecular weight excluding hydrogens is 248 g/mol. The van der Waals surface area contributed by atoms with Crippen LogP contribution in [-0.2, 0) is 6.42 Å². The van der Waals surface area contributed by atoms with Gasteiger partial charge in [0, 0.05) is 12.5 Å². The summed E-state index contributed by atoms with van der Waals surface area (Å²) in [6.45, 7) is 3.30. The van der Waals surface area contributed by atoms with E-state index in [0.717, 1.165) is 17.9 Å². The van der Waals surface area contributed by atoms with E-state index >= 15 is 0 Å². The Morgan fingerprint density at radius 1 is 1.20 bits per heavy atom. The summed E-state index contributed by atoms with van der Waals surface area (Å²) in [7, 11) is 2.22. The van der Waals surface area contributed by atoms with Crippen LogP contribution in [0.2, 0.25) is 0 Å². The fraction of sp³-hybridized carbons (Fsp3) is 0.500. The number of aryl methyl sites for hydroxylation is 1. The number of likely N-dealkylation sites (N-methyl/N-ethyl adjacent to an activating group) is 1. The van der Waals surface area contributed by atoms with Crippen LogP contribution in [0.1, 0.15) is 30.7 Å². The van der Waals surface area contributed by atoms with E-state index in [2.05, 4.69) is 53.2 Å². The Morgan fingerprint density at radius 3 is 2.75 bits per heavy atom. The number of benzene rings is 1. The summed E-state index contributed by atoms with van der Waals surface area (Å²) in [4.78, 5) is 6.92. The van der Waals surface area contributed by atoms with Crippen LogP contribution in [0, 0.1) is 6.92 Å². The van der Waals surface area contributed by atoms with Gasteiger partial charge in [-0.2, -0.15) is 5.10 Å². The summed E-state index contributed by atoms with van der Waals surface area (Å²) in [5.74, 6) is 1.06. The van der Waals surface area contributed by atoms with Crippen molar-refractivity contribution in [1.29, 1.82) is 0 Å². The van der Waals surface area contributed by atoms with Gasteiger partial charge in [0.15, 0.2) is 0 Å². The molecule has 1 atom stereocenters. The highest BCUT2D eigenvalue weighted by Crippen LogP contribution is 2.19. The smallest absolute Gasteiger partial charge is 0.138 e. The van der Waals surface area contributed by atoms with Gasteiger partial charge in [-0.25, -0.2) is 9.67 Å². The number of hydrogen-bond acceptors (Lipinski definition) is 3. The molecule has 0 amide bonds. The topological polar surface area (TPSA) is 34.0 Å². The first-order valence-corrected chi connectivity index (χ1v) is 7.40. The monoisotopic (exact) mass is 270 g/mol. The molecule has 1 aliphatic rings. The Labute approximate surface area is 120 Å². The third kappa shape index (κ3) is 2.75. The molecule has 0 N–H and O–H groups in total. The van der Waals surface area contributed by atoms with Crippen molar-refractivity contribution in [3.63, 3.8) is 0 Å². The van der Waals surface area contributed by atoms with Gasteiger partial charge in [0.2, 0.25) is 0 Å². The SMILES string of the molecule is Cc1ccc(-n2ncnc2CC2CCCCN2C)cc1. The van der Waals surface area contributed by atoms with Gasteiger partial charge in [0.05, 0.1) is 5.69 Å². The average molecular weight is 270 g/mol. The van der Waals surface area contributed by atoms with Crippen molar-refractivity contribution in [1.82, 2.24) is 19.7 Å². The number of aromatic nitrogens is 3. The van der Waals surface area contributed by atoms with E-state index in [1.165, 1.54) is 31.4 Å². The molecule has 0 spiro atoms. The second-order valence-corrected chi connectivity index (χ2v) is 5.76. The van der Waals surface area contributed by atoms with Gasteiger partial charge in [-0.1, -0.05) is 24.1 Å². The minimum atomic E-state index is 0.595. The molecule has 2 aromatic rings. The molecule has 106 valence electrons. The standard InChI is InChI=1S/C16H22N4/c1-13-6-8-14(9-7-13)20-16(17-12-18-20)11-15-5-3-4-10-19(15)2/h6-9,12,15H,3-5,10-11H2,1-2H3. The van der Waals surface area contributed by atoms with Crippen LogP contribution < -0.4 is 0 Å². The number of piperidine rings is 1. The molecule has 2 heterocycles. The molecule has 1 aromatic carbocycles. The van der Waals surface area contributed by atoms with Gasteiger partial charge in [-0.05, 0) is 45.5 Å². The van der Waals surface area contributed by atoms with Gasteiger partial charge in [0.25, 0.3) is 0 Å². The second kappa shape index (κ2) is 5.75. The number of rotatable bonds is 3. The van der Waals surface area contributed by atoms with E-state index in [0.29, 0.717) is 6.04 Å². The normalized spacial score (nSPS) is 20.2. The zero-order valence-corrected chi connectivity index (χ0v) is 12.3. The molecule has 1 fully saturated rings. The molecule has 1 unspecified atom stereocenters. The Morgan fingerprint density at radius 2 is 2.00 bits per heavy atom. The number of hydrogen-bond donors (Lipinski definition) is 0. The van der Waals surface area contributed by atoms with Crippen LogP contribution in [0.25, 0.3) is 5.69 Å². The van der Waals surface area contributed by atoms with Crippen LogP contribution in [0.4, 0.5) is 0 Å². The fourth-order valence-corrected chi connectivity index (χ4v) is 2.92. The van der Waals surface area contributed by atoms with Crippen molar-refractivity contribution in [2.24, 2.45) is 0 Å². The van der Waals surface area contributed by atoms with Crippen LogP contribution >= 0.6 is 0 Å². The third-order valence-corrected chi connectivity index (χ3v) is 4.24. The lowest BCUT2D eigenvalue weighted by Gasteiger charge is -2.32. The highest BCUT2D eigenvalue weighted by molar-refractivity contribution is 5.34. The summed E-state index contributed by atoms with van der Waals surface area (Å²) in [6, 6.07) is 9.05. The summed E-state index contributed by atoms with van der Waals surface area (Å²) in [6.07, 6.45) is 6.55. The van der Waals surface area contributed by atoms with E-state index in [1.807, 2.05) is 4.68 Å². The van der Waals surface area contributed by atoms with E-state index in [-0.39, 0.29) is 0 Å². The van der Waals surface area contributed by atoms with Crippen LogP contribution in [0.15, 0.2) is 30.6 Å². The lowest BCUT2D eigenvalue weighted by molar-refractivity contribution is 0.182. The summed E-state index contributed by atoms with van der Waals surface area (Å²) >= 11 is 0. The molecule has 1 saturated heterocycles. The van der Waals surface area contributed by atoms with Gasteiger partial charge in [-0.15, -0.1) is 0 Å². The van der Waals surface area contributed by atoms with Crippen molar-refractivity contribution in [2.75, 3.05) is 13.6 Å². The maximum atomic E-state index is 4.47. The van der Waals surface area contributed by atoms with E-state index in [4.69, 9.17) is 0 Å². The van der Waals surface area contributed by atoms with Crippen LogP contribution in [0.3, 0.4) is 0 Å². The predicted molar refractivity (Wildman–Crippen MR) is 80.1 cm³/mol. The Bertz CT molecular complexity index is 558. The molecule has 3 rings (SSSR count). The van der Waals surface area contributed by atoms with Crippen LogP contribution in [0.5, 0.6) is 0 Å². The minimum absolute atomic E-state index is 0.595. The maximum Gasteiger partial charge on any atom is 0.138 e. The zero-order chi connectivity index (χ0) is 13.9. The van der Waals surface area contributed by atoms with Crippen molar-refractivity contribution in [2.45, 2.75) is 38.6 Å². The number of nitrogens with zero attached hydrogens (tertiary/aromatic N) is 4. The summed E-state index contributed by atoms with van der Waals surface area (Å²) in [5, 5.41) is 4.39. The van der Waals surface area contributed by atoms with Crippen LogP contribution in [-0.4, -0.2) is 39.3 Å². The predicted octanol–water partition coefficient (Wildman–Crippen LogP) is 2.60. The first kappa shape index (κ1) is 13.3. The molecular formula is C16H22N4. The van der Waals surface area contributed by atoms with Gasteiger partial charge in [0.1, 0.15) is 12.2 Å². The van der Waals surface area contributed by atoms with Crippen molar-refractivity contribution in [3.05, 3.63) is 42.0 Å². The third-order valence-electron chi connectivity index (χ3n) is 4.24. The molecule has 4 nitrogen and oxygen atoms in total. The first-order chi connectivity index (χ1) is 9.74. The first-order valence-electron chi connectivity index (χ1n) is 7.40. The molecule has 0 radical (unpaired) electrons. The largest absolute Gasteiger partial charge is 0.303 e. The Balaban J connectivity index is 1.81. The molecule has 0 bridgehead atoms. The van der Waals surface area contributed by atoms with E-state index in [9.17, 15) is 0 Å². The quantitative estimate of drug-likeness (QED) is 0.859. The van der Waals surface area contributed by atoms with Crippen molar-refractivity contribution >= 4 is 0 Å². The summed E-state index contributed by atoms with van der Waals surface area (Å²) < 4.78 is 1.97. The minimum Gasteiger partial charge on any atom is -0.303 e. The molecule has 0 saturated carbocycles. The van der Waals surface area contributed by atoms with Gasteiger partial charge in [-0.3, -0.25) is 0 Å². The molecule has 20 heavy (non-hydrogen) atoms. The molecule has 4 heteroatoms. The second-order valence-electron chi connectivity index (χ2n) is 5.76. The highest BCUT2D eigenvalue weighted by Gasteiger charge is 2.21. The van der Waals surface area contributed by atoms with E-state index < -0.39 is 0 Å². The highest BCUT2D eigenvalue weighted by atomic mass is 15.3. The van der Waals surface area contributed by atoms with E-state index in [1.54, 1.807) is 6.33 Å². The molecule has 1 aromatic heterocycles.